The molecular formula is C14H21N. The molecule has 1 aromatic carbocycles. The lowest BCUT2D eigenvalue weighted by Crippen LogP contribution is -2.08. The molecule has 0 bridgehead atoms. The fourth-order valence-corrected chi connectivity index (χ4v) is 2.76. The van der Waals surface area contributed by atoms with Gasteiger partial charge in [-0.3, -0.25) is 0 Å². The Labute approximate surface area is 92.7 Å². The highest BCUT2D eigenvalue weighted by molar-refractivity contribution is 5.56. The van der Waals surface area contributed by atoms with Crippen LogP contribution < -0.4 is 5.73 Å². The minimum absolute atomic E-state index is 0.720. The van der Waals surface area contributed by atoms with Gasteiger partial charge in [0.05, 0.1) is 0 Å². The van der Waals surface area contributed by atoms with Gasteiger partial charge in [0, 0.05) is 5.69 Å². The first-order chi connectivity index (χ1) is 7.18. The summed E-state index contributed by atoms with van der Waals surface area (Å²) in [5.74, 6) is 0.720. The summed E-state index contributed by atoms with van der Waals surface area (Å²) in [4.78, 5) is 0. The van der Waals surface area contributed by atoms with Crippen LogP contribution in [0.25, 0.3) is 0 Å². The molecule has 0 amide bonds. The van der Waals surface area contributed by atoms with Crippen molar-refractivity contribution >= 4 is 5.69 Å². The Morgan fingerprint density at radius 2 is 1.73 bits per heavy atom. The van der Waals surface area contributed by atoms with Gasteiger partial charge in [-0.1, -0.05) is 37.0 Å². The normalized spacial score (nSPS) is 18.0. The van der Waals surface area contributed by atoms with E-state index in [9.17, 15) is 0 Å². The Kier molecular flexibility index (Phi) is 2.99. The van der Waals surface area contributed by atoms with Crippen molar-refractivity contribution in [3.05, 3.63) is 28.8 Å². The monoisotopic (exact) mass is 203 g/mol. The highest BCUT2D eigenvalue weighted by Crippen LogP contribution is 2.36. The summed E-state index contributed by atoms with van der Waals surface area (Å²) in [7, 11) is 0. The van der Waals surface area contributed by atoms with Gasteiger partial charge < -0.3 is 5.73 Å². The maximum atomic E-state index is 6.18. The zero-order valence-electron chi connectivity index (χ0n) is 9.84. The molecule has 2 N–H and O–H groups in total. The predicted octanol–water partition coefficient (Wildman–Crippen LogP) is 3.93. The van der Waals surface area contributed by atoms with Gasteiger partial charge in [-0.2, -0.15) is 0 Å². The molecule has 1 fully saturated rings. The van der Waals surface area contributed by atoms with Crippen molar-refractivity contribution in [2.45, 2.75) is 51.9 Å². The van der Waals surface area contributed by atoms with Crippen LogP contribution in [-0.4, -0.2) is 0 Å². The number of anilines is 1. The van der Waals surface area contributed by atoms with Gasteiger partial charge in [-0.15, -0.1) is 0 Å². The molecular weight excluding hydrogens is 182 g/mol. The molecule has 0 radical (unpaired) electrons. The van der Waals surface area contributed by atoms with Gasteiger partial charge in [-0.05, 0) is 43.7 Å². The Morgan fingerprint density at radius 1 is 1.07 bits per heavy atom. The van der Waals surface area contributed by atoms with E-state index in [0.717, 1.165) is 11.6 Å². The van der Waals surface area contributed by atoms with Gasteiger partial charge in [0.1, 0.15) is 0 Å². The van der Waals surface area contributed by atoms with Gasteiger partial charge in [0.2, 0.25) is 0 Å². The molecule has 0 spiro atoms. The number of nitrogens with two attached hydrogens (primary N) is 1. The molecule has 1 aliphatic carbocycles. The number of hydrogen-bond acceptors (Lipinski definition) is 1. The average Bonchev–Trinajstić information content (AvgIpc) is 2.24. The van der Waals surface area contributed by atoms with Crippen LogP contribution >= 0.6 is 0 Å². The predicted molar refractivity (Wildman–Crippen MR) is 66.2 cm³/mol. The van der Waals surface area contributed by atoms with E-state index in [1.165, 1.54) is 48.8 Å². The topological polar surface area (TPSA) is 26.0 Å². The minimum atomic E-state index is 0.720. The Balaban J connectivity index is 2.33. The third-order valence-corrected chi connectivity index (χ3v) is 3.61. The second kappa shape index (κ2) is 4.26. The van der Waals surface area contributed by atoms with Crippen molar-refractivity contribution in [1.29, 1.82) is 0 Å². The molecule has 0 saturated heterocycles. The second-order valence-electron chi connectivity index (χ2n) is 4.92. The van der Waals surface area contributed by atoms with Crippen molar-refractivity contribution in [3.63, 3.8) is 0 Å². The molecule has 0 aromatic heterocycles. The first-order valence-corrected chi connectivity index (χ1v) is 6.05. The van der Waals surface area contributed by atoms with E-state index in [4.69, 9.17) is 5.73 Å². The molecule has 0 atom stereocenters. The van der Waals surface area contributed by atoms with E-state index < -0.39 is 0 Å². The summed E-state index contributed by atoms with van der Waals surface area (Å²) in [5, 5.41) is 0. The smallest absolute Gasteiger partial charge is 0.0379 e. The molecule has 15 heavy (non-hydrogen) atoms. The lowest BCUT2D eigenvalue weighted by molar-refractivity contribution is 0.444. The second-order valence-corrected chi connectivity index (χ2v) is 4.92. The van der Waals surface area contributed by atoms with Crippen molar-refractivity contribution < 1.29 is 0 Å². The van der Waals surface area contributed by atoms with Gasteiger partial charge >= 0.3 is 0 Å². The van der Waals surface area contributed by atoms with Crippen LogP contribution in [0.15, 0.2) is 12.1 Å². The fourth-order valence-electron chi connectivity index (χ4n) is 2.76. The Hall–Kier alpha value is -0.980. The summed E-state index contributed by atoms with van der Waals surface area (Å²) in [5.41, 5.74) is 11.2. The van der Waals surface area contributed by atoms with Crippen LogP contribution in [0.2, 0.25) is 0 Å². The number of nitrogen functional groups attached to an aromatic ring is 1. The maximum absolute atomic E-state index is 6.18. The summed E-state index contributed by atoms with van der Waals surface area (Å²) in [6.45, 7) is 4.29. The van der Waals surface area contributed by atoms with E-state index in [-0.39, 0.29) is 0 Å². The SMILES string of the molecule is Cc1cc(C)c(N)c(C2CCCCC2)c1. The van der Waals surface area contributed by atoms with Crippen LogP contribution in [0.4, 0.5) is 5.69 Å². The first-order valence-electron chi connectivity index (χ1n) is 6.05. The van der Waals surface area contributed by atoms with Crippen LogP contribution in [-0.2, 0) is 0 Å². The number of hydrogen-bond donors (Lipinski definition) is 1. The van der Waals surface area contributed by atoms with E-state index >= 15 is 0 Å². The van der Waals surface area contributed by atoms with Crippen LogP contribution in [0.3, 0.4) is 0 Å². The lowest BCUT2D eigenvalue weighted by Gasteiger charge is -2.24. The molecule has 0 aliphatic heterocycles. The number of benzene rings is 1. The van der Waals surface area contributed by atoms with Crippen molar-refractivity contribution in [3.8, 4) is 0 Å². The quantitative estimate of drug-likeness (QED) is 0.687. The van der Waals surface area contributed by atoms with Crippen molar-refractivity contribution in [1.82, 2.24) is 0 Å². The molecule has 2 rings (SSSR count). The molecule has 0 heterocycles. The van der Waals surface area contributed by atoms with Crippen LogP contribution in [0.5, 0.6) is 0 Å². The first kappa shape index (κ1) is 10.5. The molecule has 1 aliphatic rings. The molecule has 1 aromatic rings. The highest BCUT2D eigenvalue weighted by atomic mass is 14.6. The fraction of sp³-hybridized carbons (Fsp3) is 0.571. The standard InChI is InChI=1S/C14H21N/c1-10-8-11(2)14(15)13(9-10)12-6-4-3-5-7-12/h8-9,12H,3-7,15H2,1-2H3. The van der Waals surface area contributed by atoms with Crippen LogP contribution in [0, 0.1) is 13.8 Å². The van der Waals surface area contributed by atoms with Crippen molar-refractivity contribution in [2.24, 2.45) is 0 Å². The zero-order valence-corrected chi connectivity index (χ0v) is 9.84. The Morgan fingerprint density at radius 3 is 2.40 bits per heavy atom. The number of aryl methyl sites for hydroxylation is 2. The van der Waals surface area contributed by atoms with Crippen molar-refractivity contribution in [2.75, 3.05) is 5.73 Å². The van der Waals surface area contributed by atoms with Gasteiger partial charge in [0.15, 0.2) is 0 Å². The van der Waals surface area contributed by atoms with E-state index in [1.807, 2.05) is 0 Å². The summed E-state index contributed by atoms with van der Waals surface area (Å²) >= 11 is 0. The van der Waals surface area contributed by atoms with Gasteiger partial charge in [-0.25, -0.2) is 0 Å². The maximum Gasteiger partial charge on any atom is 0.0379 e. The lowest BCUT2D eigenvalue weighted by atomic mass is 9.82. The summed E-state index contributed by atoms with van der Waals surface area (Å²) in [6, 6.07) is 4.47. The number of rotatable bonds is 1. The van der Waals surface area contributed by atoms with Gasteiger partial charge in [0.25, 0.3) is 0 Å². The average molecular weight is 203 g/mol. The third kappa shape index (κ3) is 2.17. The highest BCUT2D eigenvalue weighted by Gasteiger charge is 2.18. The summed E-state index contributed by atoms with van der Waals surface area (Å²) in [6.07, 6.45) is 6.80. The molecule has 1 saturated carbocycles. The third-order valence-electron chi connectivity index (χ3n) is 3.61. The van der Waals surface area contributed by atoms with E-state index in [1.54, 1.807) is 0 Å². The van der Waals surface area contributed by atoms with E-state index in [2.05, 4.69) is 26.0 Å². The molecule has 82 valence electrons. The largest absolute Gasteiger partial charge is 0.398 e. The zero-order chi connectivity index (χ0) is 10.8. The molecule has 1 heteroatoms. The van der Waals surface area contributed by atoms with Crippen LogP contribution in [0.1, 0.15) is 54.7 Å². The molecule has 0 unspecified atom stereocenters. The minimum Gasteiger partial charge on any atom is -0.398 e. The van der Waals surface area contributed by atoms with E-state index in [0.29, 0.717) is 0 Å². The summed E-state index contributed by atoms with van der Waals surface area (Å²) < 4.78 is 0. The molecule has 1 nitrogen and oxygen atoms in total. The Bertz CT molecular complexity index is 349.